The van der Waals surface area contributed by atoms with Gasteiger partial charge in [-0.1, -0.05) is 255 Å². The molecule has 10 rings (SSSR count). The summed E-state index contributed by atoms with van der Waals surface area (Å²) in [6.45, 7) is 0. The molecule has 306 valence electrons. The molecule has 0 aliphatic carbocycles. The predicted molar refractivity (Wildman–Crippen MR) is 273 cm³/mol. The molecule has 0 unspecified atom stereocenters. The van der Waals surface area contributed by atoms with Gasteiger partial charge in [0.15, 0.2) is 24.6 Å². The smallest absolute Gasteiger partial charge is 0.171 e. The molecular formula is C57H42N3OP3. The van der Waals surface area contributed by atoms with E-state index in [1.165, 1.54) is 31.8 Å². The molecule has 0 radical (unpaired) electrons. The van der Waals surface area contributed by atoms with Crippen molar-refractivity contribution in [2.45, 2.75) is 0 Å². The van der Waals surface area contributed by atoms with Crippen LogP contribution >= 0.6 is 23.0 Å². The van der Waals surface area contributed by atoms with Crippen LogP contribution in [-0.4, -0.2) is 15.0 Å². The highest BCUT2D eigenvalue weighted by atomic mass is 31.2. The summed E-state index contributed by atoms with van der Waals surface area (Å²) in [7, 11) is -4.72. The molecule has 9 aromatic carbocycles. The van der Waals surface area contributed by atoms with Crippen molar-refractivity contribution < 1.29 is 4.57 Å². The Morgan fingerprint density at radius 3 is 0.750 bits per heavy atom. The van der Waals surface area contributed by atoms with Crippen LogP contribution in [0.25, 0.3) is 34.2 Å². The van der Waals surface area contributed by atoms with Gasteiger partial charge in [0.1, 0.15) is 0 Å². The Morgan fingerprint density at radius 1 is 0.250 bits per heavy atom. The lowest BCUT2D eigenvalue weighted by Gasteiger charge is -2.20. The fourth-order valence-corrected chi connectivity index (χ4v) is 15.2. The zero-order valence-electron chi connectivity index (χ0n) is 34.8. The molecule has 1 heterocycles. The maximum absolute atomic E-state index is 15.2. The van der Waals surface area contributed by atoms with Crippen molar-refractivity contribution in [3.05, 3.63) is 255 Å². The van der Waals surface area contributed by atoms with Crippen molar-refractivity contribution in [2.75, 3.05) is 0 Å². The quantitative estimate of drug-likeness (QED) is 0.115. The first kappa shape index (κ1) is 41.1. The third kappa shape index (κ3) is 8.57. The molecule has 0 spiro atoms. The topological polar surface area (TPSA) is 55.7 Å². The van der Waals surface area contributed by atoms with E-state index in [-0.39, 0.29) is 0 Å². The number of aromatic nitrogens is 3. The third-order valence-corrected chi connectivity index (χ3v) is 19.2. The number of rotatable bonds is 12. The Morgan fingerprint density at radius 2 is 0.469 bits per heavy atom. The van der Waals surface area contributed by atoms with E-state index < -0.39 is 23.0 Å². The Balaban J connectivity index is 1.06. The largest absolute Gasteiger partial charge is 0.309 e. The van der Waals surface area contributed by atoms with E-state index in [1.807, 2.05) is 84.9 Å². The van der Waals surface area contributed by atoms with E-state index in [0.717, 1.165) is 32.6 Å². The van der Waals surface area contributed by atoms with Gasteiger partial charge in [0, 0.05) is 32.6 Å². The molecule has 7 heteroatoms. The molecule has 0 bridgehead atoms. The first-order valence-electron chi connectivity index (χ1n) is 21.2. The second-order valence-corrected chi connectivity index (χ2v) is 22.4. The molecule has 0 atom stereocenters. The van der Waals surface area contributed by atoms with E-state index >= 15 is 4.57 Å². The highest BCUT2D eigenvalue weighted by molar-refractivity contribution is 7.85. The second kappa shape index (κ2) is 18.8. The van der Waals surface area contributed by atoms with E-state index in [4.69, 9.17) is 15.0 Å². The zero-order valence-corrected chi connectivity index (χ0v) is 37.5. The number of hydrogen-bond acceptors (Lipinski definition) is 4. The molecular weight excluding hydrogens is 836 g/mol. The van der Waals surface area contributed by atoms with Gasteiger partial charge in [0.05, 0.1) is 0 Å². The lowest BCUT2D eigenvalue weighted by atomic mass is 10.1. The van der Waals surface area contributed by atoms with Gasteiger partial charge < -0.3 is 4.57 Å². The van der Waals surface area contributed by atoms with Gasteiger partial charge >= 0.3 is 0 Å². The van der Waals surface area contributed by atoms with Crippen LogP contribution in [-0.2, 0) is 4.57 Å². The van der Waals surface area contributed by atoms with Gasteiger partial charge in [-0.05, 0) is 47.7 Å². The molecule has 0 aliphatic rings. The maximum Gasteiger partial charge on any atom is 0.171 e. The molecule has 0 saturated carbocycles. The Bertz CT molecular complexity index is 2880. The summed E-state index contributed by atoms with van der Waals surface area (Å²) >= 11 is 0. The molecule has 0 amide bonds. The van der Waals surface area contributed by atoms with Gasteiger partial charge in [-0.2, -0.15) is 0 Å². The number of hydrogen-bond donors (Lipinski definition) is 0. The van der Waals surface area contributed by atoms with Crippen LogP contribution < -0.4 is 47.7 Å². The van der Waals surface area contributed by atoms with Crippen molar-refractivity contribution in [3.63, 3.8) is 0 Å². The van der Waals surface area contributed by atoms with Crippen molar-refractivity contribution >= 4 is 70.7 Å². The van der Waals surface area contributed by atoms with Gasteiger partial charge in [-0.25, -0.2) is 15.0 Å². The van der Waals surface area contributed by atoms with Crippen molar-refractivity contribution in [2.24, 2.45) is 0 Å². The van der Waals surface area contributed by atoms with Gasteiger partial charge in [0.2, 0.25) is 0 Å². The van der Waals surface area contributed by atoms with Gasteiger partial charge in [-0.3, -0.25) is 0 Å². The Kier molecular flexibility index (Phi) is 12.1. The van der Waals surface area contributed by atoms with Crippen LogP contribution in [0.15, 0.2) is 255 Å². The van der Waals surface area contributed by atoms with Crippen LogP contribution in [0, 0.1) is 0 Å². The zero-order chi connectivity index (χ0) is 43.1. The van der Waals surface area contributed by atoms with Crippen LogP contribution in [0.1, 0.15) is 0 Å². The molecule has 0 fully saturated rings. The summed E-state index contributed by atoms with van der Waals surface area (Å²) in [6.07, 6.45) is 0. The highest BCUT2D eigenvalue weighted by Gasteiger charge is 2.30. The summed E-state index contributed by atoms with van der Waals surface area (Å²) in [5.74, 6) is 1.71. The first-order chi connectivity index (χ1) is 31.6. The lowest BCUT2D eigenvalue weighted by molar-refractivity contribution is 0.592. The van der Waals surface area contributed by atoms with E-state index in [1.54, 1.807) is 0 Å². The van der Waals surface area contributed by atoms with Crippen LogP contribution in [0.3, 0.4) is 0 Å². The lowest BCUT2D eigenvalue weighted by Crippen LogP contribution is -2.24. The summed E-state index contributed by atoms with van der Waals surface area (Å²) in [5.41, 5.74) is 2.60. The minimum absolute atomic E-state index is 0.542. The maximum atomic E-state index is 15.2. The monoisotopic (exact) mass is 877 g/mol. The summed E-state index contributed by atoms with van der Waals surface area (Å²) in [4.78, 5) is 15.4. The molecule has 0 saturated heterocycles. The third-order valence-electron chi connectivity index (χ3n) is 11.2. The Labute approximate surface area is 377 Å². The molecule has 0 N–H and O–H groups in total. The van der Waals surface area contributed by atoms with E-state index in [0.29, 0.717) is 17.5 Å². The average Bonchev–Trinajstić information content (AvgIpc) is 3.38. The van der Waals surface area contributed by atoms with Gasteiger partial charge in [-0.15, -0.1) is 0 Å². The number of benzene rings is 9. The summed E-state index contributed by atoms with van der Waals surface area (Å²) in [6, 6.07) is 87.7. The fraction of sp³-hybridized carbons (Fsp3) is 0. The normalized spacial score (nSPS) is 11.5. The first-order valence-corrected chi connectivity index (χ1v) is 25.6. The molecule has 10 aromatic rings. The van der Waals surface area contributed by atoms with E-state index in [9.17, 15) is 0 Å². The van der Waals surface area contributed by atoms with Gasteiger partial charge in [0.25, 0.3) is 0 Å². The number of nitrogens with zero attached hydrogens (tertiary/aromatic N) is 3. The highest BCUT2D eigenvalue weighted by Crippen LogP contribution is 2.43. The molecule has 4 nitrogen and oxygen atoms in total. The van der Waals surface area contributed by atoms with E-state index in [2.05, 4.69) is 170 Å². The van der Waals surface area contributed by atoms with Crippen molar-refractivity contribution in [1.82, 2.24) is 15.0 Å². The minimum Gasteiger partial charge on any atom is -0.309 e. The molecule has 1 aromatic heterocycles. The van der Waals surface area contributed by atoms with Crippen molar-refractivity contribution in [3.8, 4) is 34.2 Å². The average molecular weight is 878 g/mol. The summed E-state index contributed by atoms with van der Waals surface area (Å²) in [5, 5.41) is 9.98. The van der Waals surface area contributed by atoms with Crippen LogP contribution in [0.5, 0.6) is 0 Å². The van der Waals surface area contributed by atoms with Crippen LogP contribution in [0.2, 0.25) is 0 Å². The second-order valence-electron chi connectivity index (χ2n) is 15.2. The van der Waals surface area contributed by atoms with Crippen LogP contribution in [0.4, 0.5) is 0 Å². The SMILES string of the molecule is O=P(c1ccccc1)(c1ccccc1)c1ccc(-c2nc(-c3ccc(P(c4ccccc4)c4ccccc4)cc3)nc(-c3ccc(P(c4ccccc4)c4ccccc4)cc3)n2)cc1. The minimum atomic E-state index is -3.17. The standard InChI is InChI=1S/C57H42N3OP3/c61-64(52-27-15-5-16-28-52,53-29-17-6-18-30-53)54-41-35-45(36-42-54)57-59-55(43-31-37-50(38-32-43)62(46-19-7-1-8-20-46)47-21-9-2-10-22-47)58-56(60-57)44-33-39-51(40-34-44)63(48-23-11-3-12-24-48)49-25-13-4-14-26-49/h1-42H. The molecule has 0 aliphatic heterocycles. The fourth-order valence-electron chi connectivity index (χ4n) is 8.03. The predicted octanol–water partition coefficient (Wildman–Crippen LogP) is 10.0. The van der Waals surface area contributed by atoms with Crippen molar-refractivity contribution in [1.29, 1.82) is 0 Å². The summed E-state index contributed by atoms with van der Waals surface area (Å²) < 4.78 is 15.2. The Hall–Kier alpha value is -6.92. The molecule has 64 heavy (non-hydrogen) atoms.